The molecule has 1 unspecified atom stereocenters. The Bertz CT molecular complexity index is 254. The summed E-state index contributed by atoms with van der Waals surface area (Å²) < 4.78 is 5.35. The third-order valence-electron chi connectivity index (χ3n) is 3.51. The summed E-state index contributed by atoms with van der Waals surface area (Å²) in [5, 5.41) is 12.1. The minimum absolute atomic E-state index is 0.0285. The van der Waals surface area contributed by atoms with E-state index >= 15 is 0 Å². The SMILES string of the molecule is O=C(CN1CCOC(CO)C1)NC1CCCC1. The molecule has 5 heteroatoms. The third kappa shape index (κ3) is 3.94. The lowest BCUT2D eigenvalue weighted by Crippen LogP contribution is -2.49. The number of hydrogen-bond acceptors (Lipinski definition) is 4. The molecule has 2 N–H and O–H groups in total. The second-order valence-electron chi connectivity index (χ2n) is 4.96. The highest BCUT2D eigenvalue weighted by atomic mass is 16.5. The maximum atomic E-state index is 11.8. The molecule has 2 aliphatic rings. The van der Waals surface area contributed by atoms with Crippen LogP contribution in [0.1, 0.15) is 25.7 Å². The zero-order valence-electron chi connectivity index (χ0n) is 10.2. The maximum absolute atomic E-state index is 11.8. The molecule has 1 heterocycles. The molecular formula is C12H22N2O3. The number of ether oxygens (including phenoxy) is 1. The van der Waals surface area contributed by atoms with E-state index in [4.69, 9.17) is 9.84 Å². The first-order valence-corrected chi connectivity index (χ1v) is 6.52. The van der Waals surface area contributed by atoms with Crippen molar-refractivity contribution in [2.24, 2.45) is 0 Å². The molecule has 2 rings (SSSR count). The number of nitrogens with one attached hydrogen (secondary N) is 1. The molecule has 2 fully saturated rings. The fourth-order valence-electron chi connectivity index (χ4n) is 2.58. The van der Waals surface area contributed by atoms with Crippen molar-refractivity contribution in [1.29, 1.82) is 0 Å². The average molecular weight is 242 g/mol. The Morgan fingerprint density at radius 1 is 1.41 bits per heavy atom. The number of hydrogen-bond donors (Lipinski definition) is 2. The predicted molar refractivity (Wildman–Crippen MR) is 63.7 cm³/mol. The van der Waals surface area contributed by atoms with Gasteiger partial charge in [0.2, 0.25) is 5.91 Å². The van der Waals surface area contributed by atoms with Crippen molar-refractivity contribution in [2.45, 2.75) is 37.8 Å². The van der Waals surface area contributed by atoms with Crippen LogP contribution >= 0.6 is 0 Å². The Morgan fingerprint density at radius 2 is 2.18 bits per heavy atom. The van der Waals surface area contributed by atoms with E-state index in [9.17, 15) is 4.79 Å². The standard InChI is InChI=1S/C12H22N2O3/c15-9-11-7-14(5-6-17-11)8-12(16)13-10-3-1-2-4-10/h10-11,15H,1-9H2,(H,13,16). The molecule has 0 radical (unpaired) electrons. The van der Waals surface area contributed by atoms with E-state index < -0.39 is 0 Å². The molecule has 0 aromatic carbocycles. The number of amides is 1. The molecule has 0 spiro atoms. The monoisotopic (exact) mass is 242 g/mol. The lowest BCUT2D eigenvalue weighted by atomic mass is 10.2. The van der Waals surface area contributed by atoms with Gasteiger partial charge in [-0.1, -0.05) is 12.8 Å². The van der Waals surface area contributed by atoms with Crippen molar-refractivity contribution >= 4 is 5.91 Å². The van der Waals surface area contributed by atoms with Crippen molar-refractivity contribution in [1.82, 2.24) is 10.2 Å². The van der Waals surface area contributed by atoms with Crippen molar-refractivity contribution in [2.75, 3.05) is 32.8 Å². The summed E-state index contributed by atoms with van der Waals surface area (Å²) in [6.07, 6.45) is 4.56. The van der Waals surface area contributed by atoms with Gasteiger partial charge in [0.05, 0.1) is 25.9 Å². The van der Waals surface area contributed by atoms with Crippen LogP contribution in [-0.4, -0.2) is 60.9 Å². The minimum atomic E-state index is -0.136. The van der Waals surface area contributed by atoms with Gasteiger partial charge in [-0.3, -0.25) is 9.69 Å². The number of aliphatic hydroxyl groups excluding tert-OH is 1. The molecule has 0 aromatic heterocycles. The van der Waals surface area contributed by atoms with Crippen LogP contribution in [0.3, 0.4) is 0 Å². The molecule has 1 aliphatic carbocycles. The summed E-state index contributed by atoms with van der Waals surface area (Å²) in [6.45, 7) is 2.47. The van der Waals surface area contributed by atoms with Crippen LogP contribution in [-0.2, 0) is 9.53 Å². The fraction of sp³-hybridized carbons (Fsp3) is 0.917. The van der Waals surface area contributed by atoms with Crippen molar-refractivity contribution < 1.29 is 14.6 Å². The lowest BCUT2D eigenvalue weighted by Gasteiger charge is -2.31. The van der Waals surface area contributed by atoms with Crippen LogP contribution in [0, 0.1) is 0 Å². The number of carbonyl (C=O) groups excluding carboxylic acids is 1. The highest BCUT2D eigenvalue weighted by Crippen LogP contribution is 2.17. The Morgan fingerprint density at radius 3 is 2.88 bits per heavy atom. The van der Waals surface area contributed by atoms with Gasteiger partial charge in [0.25, 0.3) is 0 Å². The number of carbonyl (C=O) groups is 1. The van der Waals surface area contributed by atoms with Gasteiger partial charge in [0.1, 0.15) is 0 Å². The molecule has 17 heavy (non-hydrogen) atoms. The molecule has 1 saturated carbocycles. The van der Waals surface area contributed by atoms with E-state index in [1.54, 1.807) is 0 Å². The first-order valence-electron chi connectivity index (χ1n) is 6.52. The number of aliphatic hydroxyl groups is 1. The zero-order valence-corrected chi connectivity index (χ0v) is 10.2. The quantitative estimate of drug-likeness (QED) is 0.713. The first kappa shape index (κ1) is 12.8. The predicted octanol–water partition coefficient (Wildman–Crippen LogP) is -0.262. The summed E-state index contributed by atoms with van der Waals surface area (Å²) >= 11 is 0. The highest BCUT2D eigenvalue weighted by Gasteiger charge is 2.23. The van der Waals surface area contributed by atoms with Gasteiger partial charge in [-0.05, 0) is 12.8 Å². The van der Waals surface area contributed by atoms with Crippen LogP contribution in [0.4, 0.5) is 0 Å². The maximum Gasteiger partial charge on any atom is 0.234 e. The van der Waals surface area contributed by atoms with Crippen LogP contribution in [0.15, 0.2) is 0 Å². The Balaban J connectivity index is 1.70. The highest BCUT2D eigenvalue weighted by molar-refractivity contribution is 5.78. The van der Waals surface area contributed by atoms with E-state index in [0.717, 1.165) is 19.4 Å². The minimum Gasteiger partial charge on any atom is -0.394 e. The van der Waals surface area contributed by atoms with Crippen molar-refractivity contribution in [3.05, 3.63) is 0 Å². The van der Waals surface area contributed by atoms with Crippen LogP contribution < -0.4 is 5.32 Å². The largest absolute Gasteiger partial charge is 0.394 e. The summed E-state index contributed by atoms with van der Waals surface area (Å²) in [5.74, 6) is 0.107. The normalized spacial score (nSPS) is 27.2. The summed E-state index contributed by atoms with van der Waals surface area (Å²) in [6, 6.07) is 0.386. The van der Waals surface area contributed by atoms with E-state index in [2.05, 4.69) is 10.2 Å². The number of rotatable bonds is 4. The van der Waals surface area contributed by atoms with Gasteiger partial charge in [0.15, 0.2) is 0 Å². The molecule has 0 aromatic rings. The van der Waals surface area contributed by atoms with Crippen molar-refractivity contribution in [3.63, 3.8) is 0 Å². The topological polar surface area (TPSA) is 61.8 Å². The average Bonchev–Trinajstić information content (AvgIpc) is 2.82. The molecule has 1 atom stereocenters. The molecule has 98 valence electrons. The fourth-order valence-corrected chi connectivity index (χ4v) is 2.58. The number of morpholine rings is 1. The van der Waals surface area contributed by atoms with E-state index in [1.807, 2.05) is 0 Å². The molecular weight excluding hydrogens is 220 g/mol. The van der Waals surface area contributed by atoms with Crippen LogP contribution in [0.25, 0.3) is 0 Å². The van der Waals surface area contributed by atoms with Gasteiger partial charge in [-0.15, -0.1) is 0 Å². The van der Waals surface area contributed by atoms with Crippen LogP contribution in [0.5, 0.6) is 0 Å². The van der Waals surface area contributed by atoms with Crippen molar-refractivity contribution in [3.8, 4) is 0 Å². The van der Waals surface area contributed by atoms with Crippen LogP contribution in [0.2, 0.25) is 0 Å². The van der Waals surface area contributed by atoms with Gasteiger partial charge < -0.3 is 15.2 Å². The second-order valence-corrected chi connectivity index (χ2v) is 4.96. The molecule has 1 aliphatic heterocycles. The molecule has 1 saturated heterocycles. The Kier molecular flexibility index (Phi) is 4.76. The summed E-state index contributed by atoms with van der Waals surface area (Å²) in [4.78, 5) is 13.9. The van der Waals surface area contributed by atoms with E-state index in [-0.39, 0.29) is 18.6 Å². The second kappa shape index (κ2) is 6.33. The zero-order chi connectivity index (χ0) is 12.1. The van der Waals surface area contributed by atoms with E-state index in [1.165, 1.54) is 12.8 Å². The molecule has 5 nitrogen and oxygen atoms in total. The van der Waals surface area contributed by atoms with Gasteiger partial charge in [0, 0.05) is 19.1 Å². The lowest BCUT2D eigenvalue weighted by molar-refractivity contribution is -0.125. The first-order chi connectivity index (χ1) is 8.28. The van der Waals surface area contributed by atoms with Gasteiger partial charge in [-0.25, -0.2) is 0 Å². The number of nitrogens with zero attached hydrogens (tertiary/aromatic N) is 1. The third-order valence-corrected chi connectivity index (χ3v) is 3.51. The molecule has 1 amide bonds. The Labute approximate surface area is 102 Å². The Hall–Kier alpha value is -0.650. The summed E-state index contributed by atoms with van der Waals surface area (Å²) in [5.41, 5.74) is 0. The summed E-state index contributed by atoms with van der Waals surface area (Å²) in [7, 11) is 0. The van der Waals surface area contributed by atoms with Gasteiger partial charge in [-0.2, -0.15) is 0 Å². The smallest absolute Gasteiger partial charge is 0.234 e. The molecule has 0 bridgehead atoms. The van der Waals surface area contributed by atoms with E-state index in [0.29, 0.717) is 25.7 Å². The van der Waals surface area contributed by atoms with Gasteiger partial charge >= 0.3 is 0 Å².